The molecule has 8 nitrogen and oxygen atoms in total. The fraction of sp³-hybridized carbons (Fsp3) is 0.143. The number of benzene rings is 2. The van der Waals surface area contributed by atoms with Gasteiger partial charge in [0.25, 0.3) is 5.91 Å². The summed E-state index contributed by atoms with van der Waals surface area (Å²) in [4.78, 5) is 31.5. The van der Waals surface area contributed by atoms with Crippen LogP contribution in [0.4, 0.5) is 5.82 Å². The number of hydrogen-bond donors (Lipinski definition) is 3. The number of rotatable bonds is 7. The standard InChI is InChI=1S/C21H21N5O3/c1-12-3-7-15(8-4-12)29-16-9-5-14(6-10-16)21-25-17(20(23)28)11-18(26-21)24-13(2)19(22)27/h3-11,13H,1-2H3,(H2,22,27)(H2,23,28)(H,24,25,26). The SMILES string of the molecule is Cc1ccc(Oc2ccc(-c3nc(NC(C)C(N)=O)cc(C(N)=O)n3)cc2)cc1. The number of ether oxygens (including phenoxy) is 1. The number of nitrogens with one attached hydrogen (secondary N) is 1. The van der Waals surface area contributed by atoms with Crippen molar-refractivity contribution < 1.29 is 14.3 Å². The summed E-state index contributed by atoms with van der Waals surface area (Å²) >= 11 is 0. The van der Waals surface area contributed by atoms with Gasteiger partial charge in [-0.3, -0.25) is 9.59 Å². The first-order chi connectivity index (χ1) is 13.8. The maximum absolute atomic E-state index is 11.6. The third-order valence-electron chi connectivity index (χ3n) is 4.14. The van der Waals surface area contributed by atoms with Crippen molar-refractivity contribution in [1.29, 1.82) is 0 Å². The number of carbonyl (C=O) groups excluding carboxylic acids is 2. The summed E-state index contributed by atoms with van der Waals surface area (Å²) in [6, 6.07) is 15.5. The number of primary amides is 2. The lowest BCUT2D eigenvalue weighted by atomic mass is 10.2. The topological polar surface area (TPSA) is 133 Å². The van der Waals surface area contributed by atoms with Gasteiger partial charge in [-0.25, -0.2) is 9.97 Å². The van der Waals surface area contributed by atoms with Gasteiger partial charge in [-0.05, 0) is 50.2 Å². The van der Waals surface area contributed by atoms with E-state index in [4.69, 9.17) is 16.2 Å². The molecule has 3 rings (SSSR count). The molecule has 0 saturated heterocycles. The van der Waals surface area contributed by atoms with Gasteiger partial charge in [0.05, 0.1) is 0 Å². The molecule has 5 N–H and O–H groups in total. The van der Waals surface area contributed by atoms with E-state index in [2.05, 4.69) is 15.3 Å². The predicted molar refractivity (Wildman–Crippen MR) is 110 cm³/mol. The zero-order chi connectivity index (χ0) is 21.0. The minimum atomic E-state index is -0.706. The van der Waals surface area contributed by atoms with E-state index in [1.54, 1.807) is 31.2 Å². The van der Waals surface area contributed by atoms with Crippen LogP contribution in [-0.4, -0.2) is 27.8 Å². The molecule has 0 saturated carbocycles. The van der Waals surface area contributed by atoms with Crippen LogP contribution in [-0.2, 0) is 4.79 Å². The van der Waals surface area contributed by atoms with Gasteiger partial charge in [0.1, 0.15) is 29.1 Å². The molecule has 1 unspecified atom stereocenters. The zero-order valence-electron chi connectivity index (χ0n) is 16.0. The molecule has 148 valence electrons. The third kappa shape index (κ3) is 5.07. The molecule has 29 heavy (non-hydrogen) atoms. The first kappa shape index (κ1) is 19.8. The van der Waals surface area contributed by atoms with E-state index in [0.29, 0.717) is 11.3 Å². The first-order valence-corrected chi connectivity index (χ1v) is 8.91. The molecular weight excluding hydrogens is 370 g/mol. The highest BCUT2D eigenvalue weighted by Gasteiger charge is 2.14. The maximum Gasteiger partial charge on any atom is 0.267 e. The van der Waals surface area contributed by atoms with Gasteiger partial charge in [-0.15, -0.1) is 0 Å². The minimum Gasteiger partial charge on any atom is -0.457 e. The van der Waals surface area contributed by atoms with Crippen LogP contribution in [0.5, 0.6) is 11.5 Å². The fourth-order valence-corrected chi connectivity index (χ4v) is 2.48. The lowest BCUT2D eigenvalue weighted by molar-refractivity contribution is -0.118. The third-order valence-corrected chi connectivity index (χ3v) is 4.14. The van der Waals surface area contributed by atoms with E-state index < -0.39 is 17.9 Å². The van der Waals surface area contributed by atoms with Crippen LogP contribution < -0.4 is 21.5 Å². The fourth-order valence-electron chi connectivity index (χ4n) is 2.48. The Bertz CT molecular complexity index is 1030. The average Bonchev–Trinajstić information content (AvgIpc) is 2.70. The molecule has 0 spiro atoms. The van der Waals surface area contributed by atoms with Crippen molar-refractivity contribution in [1.82, 2.24) is 9.97 Å². The van der Waals surface area contributed by atoms with Crippen molar-refractivity contribution in [2.45, 2.75) is 19.9 Å². The highest BCUT2D eigenvalue weighted by atomic mass is 16.5. The van der Waals surface area contributed by atoms with E-state index in [0.717, 1.165) is 11.3 Å². The summed E-state index contributed by atoms with van der Waals surface area (Å²) in [5.41, 5.74) is 12.5. The second kappa shape index (κ2) is 8.39. The molecule has 2 amide bonds. The van der Waals surface area contributed by atoms with E-state index in [9.17, 15) is 9.59 Å². The molecule has 0 bridgehead atoms. The molecule has 0 aliphatic carbocycles. The van der Waals surface area contributed by atoms with E-state index >= 15 is 0 Å². The van der Waals surface area contributed by atoms with E-state index in [-0.39, 0.29) is 17.3 Å². The molecule has 0 radical (unpaired) electrons. The Kier molecular flexibility index (Phi) is 5.73. The largest absolute Gasteiger partial charge is 0.457 e. The summed E-state index contributed by atoms with van der Waals surface area (Å²) in [6.07, 6.45) is 0. The van der Waals surface area contributed by atoms with Gasteiger partial charge < -0.3 is 21.5 Å². The summed E-state index contributed by atoms with van der Waals surface area (Å²) in [5.74, 6) is 0.662. The molecule has 0 aliphatic heterocycles. The van der Waals surface area contributed by atoms with E-state index in [1.165, 1.54) is 6.07 Å². The lowest BCUT2D eigenvalue weighted by Crippen LogP contribution is -2.33. The second-order valence-electron chi connectivity index (χ2n) is 6.53. The van der Waals surface area contributed by atoms with Crippen molar-refractivity contribution in [3.8, 4) is 22.9 Å². The van der Waals surface area contributed by atoms with Crippen LogP contribution in [0.25, 0.3) is 11.4 Å². The number of anilines is 1. The summed E-state index contributed by atoms with van der Waals surface area (Å²) in [5, 5.41) is 2.84. The molecule has 0 fully saturated rings. The number of carbonyl (C=O) groups is 2. The second-order valence-corrected chi connectivity index (χ2v) is 6.53. The van der Waals surface area contributed by atoms with Crippen LogP contribution in [0, 0.1) is 6.92 Å². The van der Waals surface area contributed by atoms with Crippen LogP contribution in [0.15, 0.2) is 54.6 Å². The lowest BCUT2D eigenvalue weighted by Gasteiger charge is -2.13. The highest BCUT2D eigenvalue weighted by Crippen LogP contribution is 2.25. The average molecular weight is 391 g/mol. The predicted octanol–water partition coefficient (Wildman–Crippen LogP) is 2.63. The van der Waals surface area contributed by atoms with Crippen molar-refractivity contribution in [2.24, 2.45) is 11.5 Å². The molecule has 0 aliphatic rings. The minimum absolute atomic E-state index is 0.0224. The number of nitrogens with two attached hydrogens (primary N) is 2. The van der Waals surface area contributed by atoms with Crippen molar-refractivity contribution in [2.75, 3.05) is 5.32 Å². The number of aryl methyl sites for hydroxylation is 1. The summed E-state index contributed by atoms with van der Waals surface area (Å²) in [6.45, 7) is 3.59. The number of aromatic nitrogens is 2. The number of hydrogen-bond acceptors (Lipinski definition) is 6. The Hall–Kier alpha value is -3.94. The smallest absolute Gasteiger partial charge is 0.267 e. The van der Waals surface area contributed by atoms with E-state index in [1.807, 2.05) is 31.2 Å². The van der Waals surface area contributed by atoms with Crippen LogP contribution >= 0.6 is 0 Å². The normalized spacial score (nSPS) is 11.5. The highest BCUT2D eigenvalue weighted by molar-refractivity contribution is 5.92. The van der Waals surface area contributed by atoms with Crippen LogP contribution in [0.1, 0.15) is 23.0 Å². The molecule has 2 aromatic carbocycles. The monoisotopic (exact) mass is 391 g/mol. The Morgan fingerprint density at radius 3 is 2.10 bits per heavy atom. The number of amides is 2. The Balaban J connectivity index is 1.86. The summed E-state index contributed by atoms with van der Waals surface area (Å²) < 4.78 is 5.81. The zero-order valence-corrected chi connectivity index (χ0v) is 16.0. The quantitative estimate of drug-likeness (QED) is 0.567. The Morgan fingerprint density at radius 1 is 0.966 bits per heavy atom. The van der Waals surface area contributed by atoms with Gasteiger partial charge >= 0.3 is 0 Å². The Labute approximate surface area is 167 Å². The van der Waals surface area contributed by atoms with Gasteiger partial charge in [0, 0.05) is 11.6 Å². The molecule has 1 heterocycles. The van der Waals surface area contributed by atoms with Gasteiger partial charge in [0.2, 0.25) is 5.91 Å². The maximum atomic E-state index is 11.6. The first-order valence-electron chi connectivity index (χ1n) is 8.91. The van der Waals surface area contributed by atoms with Crippen LogP contribution in [0.3, 0.4) is 0 Å². The molecular formula is C21H21N5O3. The van der Waals surface area contributed by atoms with Gasteiger partial charge in [-0.2, -0.15) is 0 Å². The Morgan fingerprint density at radius 2 is 1.55 bits per heavy atom. The molecule has 1 atom stereocenters. The van der Waals surface area contributed by atoms with Crippen molar-refractivity contribution in [3.05, 3.63) is 65.9 Å². The number of nitrogens with zero attached hydrogens (tertiary/aromatic N) is 2. The molecule has 8 heteroatoms. The summed E-state index contributed by atoms with van der Waals surface area (Å²) in [7, 11) is 0. The van der Waals surface area contributed by atoms with Gasteiger partial charge in [0.15, 0.2) is 5.82 Å². The van der Waals surface area contributed by atoms with Crippen molar-refractivity contribution in [3.63, 3.8) is 0 Å². The molecule has 1 aromatic heterocycles. The molecule has 3 aromatic rings. The van der Waals surface area contributed by atoms with Crippen molar-refractivity contribution >= 4 is 17.6 Å². The van der Waals surface area contributed by atoms with Crippen LogP contribution in [0.2, 0.25) is 0 Å². The van der Waals surface area contributed by atoms with Gasteiger partial charge in [-0.1, -0.05) is 17.7 Å².